The summed E-state index contributed by atoms with van der Waals surface area (Å²) >= 11 is 1.41. The second-order valence-electron chi connectivity index (χ2n) is 6.40. The average molecular weight is 358 g/mol. The molecule has 3 rings (SSSR count). The molecule has 0 radical (unpaired) electrons. The molecule has 132 valence electrons. The monoisotopic (exact) mass is 358 g/mol. The predicted molar refractivity (Wildman–Crippen MR) is 98.0 cm³/mol. The number of nitrogens with zero attached hydrogens (tertiary/aromatic N) is 1. The molecule has 2 aromatic rings. The fraction of sp³-hybridized carbons (Fsp3) is 0.421. The van der Waals surface area contributed by atoms with E-state index in [0.717, 1.165) is 34.7 Å². The number of hydrogen-bond acceptors (Lipinski definition) is 5. The molecule has 25 heavy (non-hydrogen) atoms. The predicted octanol–water partition coefficient (Wildman–Crippen LogP) is 4.99. The Morgan fingerprint density at radius 3 is 2.64 bits per heavy atom. The molecule has 1 amide bonds. The molecule has 1 fully saturated rings. The van der Waals surface area contributed by atoms with E-state index in [-0.39, 0.29) is 12.0 Å². The summed E-state index contributed by atoms with van der Waals surface area (Å²) in [5.74, 6) is 0.605. The zero-order chi connectivity index (χ0) is 17.8. The zero-order valence-corrected chi connectivity index (χ0v) is 15.3. The highest BCUT2D eigenvalue weighted by Gasteiger charge is 2.26. The minimum absolute atomic E-state index is 0.283. The van der Waals surface area contributed by atoms with Crippen molar-refractivity contribution < 1.29 is 14.3 Å². The molecule has 6 heteroatoms. The van der Waals surface area contributed by atoms with Crippen LogP contribution in [0.25, 0.3) is 0 Å². The Hall–Kier alpha value is -2.21. The topological polar surface area (TPSA) is 68.3 Å². The molecule has 5 nitrogen and oxygen atoms in total. The summed E-state index contributed by atoms with van der Waals surface area (Å²) in [5, 5.41) is 2.87. The number of anilines is 1. The highest BCUT2D eigenvalue weighted by Crippen LogP contribution is 2.39. The fourth-order valence-corrected chi connectivity index (χ4v) is 4.11. The largest absolute Gasteiger partial charge is 0.441 e. The normalized spacial score (nSPS) is 16.5. The van der Waals surface area contributed by atoms with Gasteiger partial charge in [0.15, 0.2) is 0 Å². The van der Waals surface area contributed by atoms with Crippen molar-refractivity contribution in [2.75, 3.05) is 5.32 Å². The number of aromatic nitrogens is 1. The number of ether oxygens (including phenoxy) is 1. The van der Waals surface area contributed by atoms with Gasteiger partial charge in [-0.1, -0.05) is 30.3 Å². The highest BCUT2D eigenvalue weighted by molar-refractivity contribution is 7.06. The van der Waals surface area contributed by atoms with Crippen molar-refractivity contribution in [3.63, 3.8) is 0 Å². The second kappa shape index (κ2) is 7.78. The lowest BCUT2D eigenvalue weighted by Gasteiger charge is -2.21. The van der Waals surface area contributed by atoms with Gasteiger partial charge in [0.2, 0.25) is 0 Å². The van der Waals surface area contributed by atoms with Gasteiger partial charge in [0.1, 0.15) is 11.9 Å². The number of carbonyl (C=O) groups excluding carboxylic acids is 2. The Bertz CT molecular complexity index is 747. The van der Waals surface area contributed by atoms with Crippen molar-refractivity contribution in [1.82, 2.24) is 4.37 Å². The summed E-state index contributed by atoms with van der Waals surface area (Å²) in [6.07, 6.45) is 2.05. The number of hydrogen-bond donors (Lipinski definition) is 1. The van der Waals surface area contributed by atoms with E-state index in [1.165, 1.54) is 11.5 Å². The summed E-state index contributed by atoms with van der Waals surface area (Å²) in [5.41, 5.74) is 2.49. The van der Waals surface area contributed by atoms with Crippen molar-refractivity contribution in [2.24, 2.45) is 0 Å². The van der Waals surface area contributed by atoms with Crippen LogP contribution in [0, 0.1) is 6.92 Å². The SMILES string of the molecule is Cc1nsc(C2CCC(=O)CC2)c1NC(=O)OC(C)c1ccccc1. The third kappa shape index (κ3) is 4.25. The molecule has 0 saturated heterocycles. The van der Waals surface area contributed by atoms with Crippen LogP contribution in [0.2, 0.25) is 0 Å². The number of nitrogens with one attached hydrogen (secondary N) is 1. The first-order chi connectivity index (χ1) is 12.0. The molecule has 1 N–H and O–H groups in total. The van der Waals surface area contributed by atoms with E-state index in [0.29, 0.717) is 18.6 Å². The van der Waals surface area contributed by atoms with E-state index >= 15 is 0 Å². The minimum atomic E-state index is -0.479. The molecule has 1 unspecified atom stereocenters. The van der Waals surface area contributed by atoms with Crippen LogP contribution in [-0.4, -0.2) is 16.3 Å². The number of rotatable bonds is 4. The Labute approximate surface area is 151 Å². The number of Topliss-reactive ketones (excluding diaryl/α,β-unsaturated/α-hetero) is 1. The van der Waals surface area contributed by atoms with Gasteiger partial charge in [-0.2, -0.15) is 4.37 Å². The number of amides is 1. The third-order valence-electron chi connectivity index (χ3n) is 4.58. The standard InChI is InChI=1S/C19H22N2O3S/c1-12-17(18(25-21-12)15-8-10-16(22)11-9-15)20-19(23)24-13(2)14-6-4-3-5-7-14/h3-7,13,15H,8-11H2,1-2H3,(H,20,23). The number of aryl methyl sites for hydroxylation is 1. The van der Waals surface area contributed by atoms with Crippen LogP contribution >= 0.6 is 11.5 Å². The summed E-state index contributed by atoms with van der Waals surface area (Å²) in [4.78, 5) is 24.8. The molecule has 1 aliphatic rings. The van der Waals surface area contributed by atoms with Gasteiger partial charge in [-0.15, -0.1) is 0 Å². The Kier molecular flexibility index (Phi) is 5.48. The molecule has 1 aromatic heterocycles. The third-order valence-corrected chi connectivity index (χ3v) is 5.68. The van der Waals surface area contributed by atoms with E-state index in [9.17, 15) is 9.59 Å². The molecule has 0 bridgehead atoms. The Balaban J connectivity index is 1.67. The zero-order valence-electron chi connectivity index (χ0n) is 14.5. The number of benzene rings is 1. The quantitative estimate of drug-likeness (QED) is 0.836. The van der Waals surface area contributed by atoms with Gasteiger partial charge in [-0.05, 0) is 49.7 Å². The summed E-state index contributed by atoms with van der Waals surface area (Å²) in [6.45, 7) is 3.73. The fourth-order valence-electron chi connectivity index (χ4n) is 3.10. The van der Waals surface area contributed by atoms with Crippen LogP contribution in [0.5, 0.6) is 0 Å². The lowest BCUT2D eigenvalue weighted by molar-refractivity contribution is -0.120. The summed E-state index contributed by atoms with van der Waals surface area (Å²) in [7, 11) is 0. The van der Waals surface area contributed by atoms with E-state index in [1.54, 1.807) is 0 Å². The summed E-state index contributed by atoms with van der Waals surface area (Å²) < 4.78 is 9.88. The van der Waals surface area contributed by atoms with Crippen molar-refractivity contribution in [3.05, 3.63) is 46.5 Å². The van der Waals surface area contributed by atoms with Crippen LogP contribution in [0.1, 0.15) is 60.8 Å². The molecule has 1 aromatic carbocycles. The lowest BCUT2D eigenvalue weighted by Crippen LogP contribution is -2.18. The lowest BCUT2D eigenvalue weighted by atomic mass is 9.87. The molecular formula is C19H22N2O3S. The van der Waals surface area contributed by atoms with Crippen molar-refractivity contribution in [2.45, 2.75) is 51.6 Å². The second-order valence-corrected chi connectivity index (χ2v) is 7.21. The molecule has 1 heterocycles. The number of ketones is 1. The van der Waals surface area contributed by atoms with Crippen molar-refractivity contribution in [3.8, 4) is 0 Å². The van der Waals surface area contributed by atoms with Gasteiger partial charge in [0, 0.05) is 12.8 Å². The molecule has 0 aliphatic heterocycles. The first-order valence-electron chi connectivity index (χ1n) is 8.55. The van der Waals surface area contributed by atoms with Gasteiger partial charge in [0.25, 0.3) is 0 Å². The van der Waals surface area contributed by atoms with E-state index in [2.05, 4.69) is 9.69 Å². The van der Waals surface area contributed by atoms with Gasteiger partial charge in [-0.3, -0.25) is 10.1 Å². The molecule has 1 aliphatic carbocycles. The Morgan fingerprint density at radius 2 is 1.96 bits per heavy atom. The van der Waals surface area contributed by atoms with Crippen LogP contribution in [0.4, 0.5) is 10.5 Å². The maximum Gasteiger partial charge on any atom is 0.412 e. The van der Waals surface area contributed by atoms with Crippen LogP contribution in [0.3, 0.4) is 0 Å². The van der Waals surface area contributed by atoms with E-state index in [1.807, 2.05) is 44.2 Å². The number of carbonyl (C=O) groups is 2. The van der Waals surface area contributed by atoms with Crippen LogP contribution < -0.4 is 5.32 Å². The van der Waals surface area contributed by atoms with Gasteiger partial charge >= 0.3 is 6.09 Å². The van der Waals surface area contributed by atoms with Crippen LogP contribution in [-0.2, 0) is 9.53 Å². The smallest absolute Gasteiger partial charge is 0.412 e. The van der Waals surface area contributed by atoms with Gasteiger partial charge in [0.05, 0.1) is 16.3 Å². The van der Waals surface area contributed by atoms with E-state index < -0.39 is 6.09 Å². The van der Waals surface area contributed by atoms with Crippen molar-refractivity contribution >= 4 is 29.1 Å². The molecule has 1 saturated carbocycles. The first-order valence-corrected chi connectivity index (χ1v) is 9.32. The summed E-state index contributed by atoms with van der Waals surface area (Å²) in [6, 6.07) is 9.63. The first kappa shape index (κ1) is 17.6. The maximum absolute atomic E-state index is 12.3. The van der Waals surface area contributed by atoms with E-state index in [4.69, 9.17) is 4.74 Å². The Morgan fingerprint density at radius 1 is 1.28 bits per heavy atom. The molecular weight excluding hydrogens is 336 g/mol. The van der Waals surface area contributed by atoms with Crippen LogP contribution in [0.15, 0.2) is 30.3 Å². The highest BCUT2D eigenvalue weighted by atomic mass is 32.1. The van der Waals surface area contributed by atoms with Gasteiger partial charge < -0.3 is 4.74 Å². The minimum Gasteiger partial charge on any atom is -0.441 e. The van der Waals surface area contributed by atoms with Gasteiger partial charge in [-0.25, -0.2) is 4.79 Å². The average Bonchev–Trinajstić information content (AvgIpc) is 2.97. The van der Waals surface area contributed by atoms with Crippen molar-refractivity contribution in [1.29, 1.82) is 0 Å². The molecule has 0 spiro atoms. The molecule has 1 atom stereocenters. The maximum atomic E-state index is 12.3.